The normalized spacial score (nSPS) is 10.5. The summed E-state index contributed by atoms with van der Waals surface area (Å²) in [5.74, 6) is 1.04. The number of hydrogen-bond acceptors (Lipinski definition) is 3. The maximum Gasteiger partial charge on any atom is 0.222 e. The number of amides is 1. The molecule has 0 saturated carbocycles. The highest BCUT2D eigenvalue weighted by Gasteiger charge is 2.08. The summed E-state index contributed by atoms with van der Waals surface area (Å²) < 4.78 is 5.56. The summed E-state index contributed by atoms with van der Waals surface area (Å²) in [7, 11) is 5.86. The molecule has 0 aliphatic heterocycles. The number of likely N-dealkylation sites (N-methyl/N-ethyl adjacent to an activating group) is 2. The van der Waals surface area contributed by atoms with Crippen LogP contribution < -0.4 is 4.74 Å². The first kappa shape index (κ1) is 15.5. The molecule has 0 aromatic heterocycles. The first-order valence-electron chi connectivity index (χ1n) is 6.66. The Morgan fingerprint density at radius 3 is 2.42 bits per heavy atom. The molecule has 0 fully saturated rings. The second-order valence-corrected chi connectivity index (χ2v) is 4.88. The fraction of sp³-hybridized carbons (Fsp3) is 0.533. The van der Waals surface area contributed by atoms with Crippen molar-refractivity contribution in [2.24, 2.45) is 0 Å². The molecule has 1 aromatic carbocycles. The number of hydrogen-bond donors (Lipinski definition) is 0. The van der Waals surface area contributed by atoms with E-state index in [9.17, 15) is 4.79 Å². The van der Waals surface area contributed by atoms with Gasteiger partial charge in [0.15, 0.2) is 0 Å². The Kier molecular flexibility index (Phi) is 6.97. The molecule has 4 heteroatoms. The van der Waals surface area contributed by atoms with Crippen molar-refractivity contribution in [3.63, 3.8) is 0 Å². The summed E-state index contributed by atoms with van der Waals surface area (Å²) in [6.45, 7) is 2.24. The summed E-state index contributed by atoms with van der Waals surface area (Å²) in [4.78, 5) is 15.7. The molecule has 106 valence electrons. The lowest BCUT2D eigenvalue weighted by molar-refractivity contribution is -0.130. The molecule has 0 unspecified atom stereocenters. The molecule has 1 amide bonds. The maximum atomic E-state index is 11.8. The molecule has 0 aliphatic carbocycles. The van der Waals surface area contributed by atoms with Crippen LogP contribution >= 0.6 is 0 Å². The quantitative estimate of drug-likeness (QED) is 0.672. The van der Waals surface area contributed by atoms with Crippen molar-refractivity contribution in [3.8, 4) is 5.75 Å². The number of carbonyl (C=O) groups excluding carboxylic acids is 1. The third-order valence-corrected chi connectivity index (χ3v) is 2.86. The van der Waals surface area contributed by atoms with Gasteiger partial charge in [-0.1, -0.05) is 18.2 Å². The third kappa shape index (κ3) is 6.82. The first-order valence-corrected chi connectivity index (χ1v) is 6.66. The van der Waals surface area contributed by atoms with Crippen LogP contribution in [0.5, 0.6) is 5.75 Å². The summed E-state index contributed by atoms with van der Waals surface area (Å²) >= 11 is 0. The van der Waals surface area contributed by atoms with E-state index in [2.05, 4.69) is 4.90 Å². The lowest BCUT2D eigenvalue weighted by Gasteiger charge is -2.19. The smallest absolute Gasteiger partial charge is 0.222 e. The van der Waals surface area contributed by atoms with Crippen molar-refractivity contribution in [1.82, 2.24) is 9.80 Å². The molecule has 1 aromatic rings. The molecular formula is C15H24N2O2. The second-order valence-electron chi connectivity index (χ2n) is 4.88. The van der Waals surface area contributed by atoms with Gasteiger partial charge >= 0.3 is 0 Å². The number of rotatable bonds is 8. The largest absolute Gasteiger partial charge is 0.494 e. The van der Waals surface area contributed by atoms with E-state index in [4.69, 9.17) is 4.74 Å². The topological polar surface area (TPSA) is 32.8 Å². The average Bonchev–Trinajstić information content (AvgIpc) is 2.41. The lowest BCUT2D eigenvalue weighted by atomic mass is 10.3. The molecule has 0 atom stereocenters. The molecule has 4 nitrogen and oxygen atoms in total. The highest BCUT2D eigenvalue weighted by Crippen LogP contribution is 2.09. The Hall–Kier alpha value is -1.55. The highest BCUT2D eigenvalue weighted by molar-refractivity contribution is 5.75. The minimum Gasteiger partial charge on any atom is -0.494 e. The van der Waals surface area contributed by atoms with Gasteiger partial charge in [-0.3, -0.25) is 4.79 Å². The molecule has 1 rings (SSSR count). The second kappa shape index (κ2) is 8.53. The number of carbonyl (C=O) groups is 1. The van der Waals surface area contributed by atoms with Gasteiger partial charge in [0.1, 0.15) is 5.75 Å². The Morgan fingerprint density at radius 1 is 1.11 bits per heavy atom. The van der Waals surface area contributed by atoms with E-state index in [1.54, 1.807) is 4.90 Å². The predicted octanol–water partition coefficient (Wildman–Crippen LogP) is 1.87. The van der Waals surface area contributed by atoms with Crippen molar-refractivity contribution in [1.29, 1.82) is 0 Å². The van der Waals surface area contributed by atoms with Gasteiger partial charge in [-0.15, -0.1) is 0 Å². The molecule has 0 radical (unpaired) electrons. The minimum atomic E-state index is 0.179. The molecule has 0 spiro atoms. The van der Waals surface area contributed by atoms with Crippen LogP contribution in [0.2, 0.25) is 0 Å². The standard InChI is InChI=1S/C15H24N2O2/c1-16(2)11-12-17(3)15(18)10-7-13-19-14-8-5-4-6-9-14/h4-6,8-9H,7,10-13H2,1-3H3. The van der Waals surface area contributed by atoms with Crippen LogP contribution in [0.25, 0.3) is 0 Å². The van der Waals surface area contributed by atoms with Crippen molar-refractivity contribution in [2.75, 3.05) is 40.8 Å². The van der Waals surface area contributed by atoms with E-state index in [0.29, 0.717) is 13.0 Å². The molecule has 0 N–H and O–H groups in total. The zero-order valence-corrected chi connectivity index (χ0v) is 12.1. The third-order valence-electron chi connectivity index (χ3n) is 2.86. The van der Waals surface area contributed by atoms with Crippen molar-refractivity contribution in [2.45, 2.75) is 12.8 Å². The first-order chi connectivity index (χ1) is 9.09. The van der Waals surface area contributed by atoms with Crippen LogP contribution in [0.1, 0.15) is 12.8 Å². The van der Waals surface area contributed by atoms with Crippen LogP contribution in [-0.4, -0.2) is 56.5 Å². The van der Waals surface area contributed by atoms with Crippen molar-refractivity contribution >= 4 is 5.91 Å². The summed E-state index contributed by atoms with van der Waals surface area (Å²) in [6.07, 6.45) is 1.29. The van der Waals surface area contributed by atoms with E-state index < -0.39 is 0 Å². The summed E-state index contributed by atoms with van der Waals surface area (Å²) in [5, 5.41) is 0. The number of nitrogens with zero attached hydrogens (tertiary/aromatic N) is 2. The van der Waals surface area contributed by atoms with Crippen LogP contribution in [-0.2, 0) is 4.79 Å². The van der Waals surface area contributed by atoms with E-state index in [1.807, 2.05) is 51.5 Å². The van der Waals surface area contributed by atoms with Crippen molar-refractivity contribution in [3.05, 3.63) is 30.3 Å². The summed E-state index contributed by atoms with van der Waals surface area (Å²) in [6, 6.07) is 9.68. The summed E-state index contributed by atoms with van der Waals surface area (Å²) in [5.41, 5.74) is 0. The Labute approximate surface area is 116 Å². The van der Waals surface area contributed by atoms with Crippen LogP contribution in [0.15, 0.2) is 30.3 Å². The van der Waals surface area contributed by atoms with Crippen LogP contribution in [0.3, 0.4) is 0 Å². The predicted molar refractivity (Wildman–Crippen MR) is 77.4 cm³/mol. The maximum absolute atomic E-state index is 11.8. The van der Waals surface area contributed by atoms with Gasteiger partial charge in [0.05, 0.1) is 6.61 Å². The molecule has 0 bridgehead atoms. The Morgan fingerprint density at radius 2 is 1.79 bits per heavy atom. The van der Waals surface area contributed by atoms with E-state index in [1.165, 1.54) is 0 Å². The van der Waals surface area contributed by atoms with Gasteiger partial charge in [0.25, 0.3) is 0 Å². The molecular weight excluding hydrogens is 240 g/mol. The Balaban J connectivity index is 2.13. The van der Waals surface area contributed by atoms with Gasteiger partial charge in [-0.25, -0.2) is 0 Å². The highest BCUT2D eigenvalue weighted by atomic mass is 16.5. The average molecular weight is 264 g/mol. The van der Waals surface area contributed by atoms with Gasteiger partial charge in [-0.2, -0.15) is 0 Å². The van der Waals surface area contributed by atoms with Gasteiger partial charge < -0.3 is 14.5 Å². The van der Waals surface area contributed by atoms with Gasteiger partial charge in [0, 0.05) is 26.6 Å². The lowest BCUT2D eigenvalue weighted by Crippen LogP contribution is -2.33. The number of benzene rings is 1. The monoisotopic (exact) mass is 264 g/mol. The fourth-order valence-electron chi connectivity index (χ4n) is 1.60. The van der Waals surface area contributed by atoms with Crippen LogP contribution in [0, 0.1) is 0 Å². The molecule has 0 heterocycles. The van der Waals surface area contributed by atoms with Crippen LogP contribution in [0.4, 0.5) is 0 Å². The zero-order chi connectivity index (χ0) is 14.1. The number of ether oxygens (including phenoxy) is 1. The van der Waals surface area contributed by atoms with E-state index in [0.717, 1.165) is 25.3 Å². The fourth-order valence-corrected chi connectivity index (χ4v) is 1.60. The molecule has 0 aliphatic rings. The van der Waals surface area contributed by atoms with Gasteiger partial charge in [0.2, 0.25) is 5.91 Å². The molecule has 0 saturated heterocycles. The van der Waals surface area contributed by atoms with E-state index in [-0.39, 0.29) is 5.91 Å². The van der Waals surface area contributed by atoms with Gasteiger partial charge in [-0.05, 0) is 32.6 Å². The SMILES string of the molecule is CN(C)CCN(C)C(=O)CCCOc1ccccc1. The minimum absolute atomic E-state index is 0.179. The molecule has 19 heavy (non-hydrogen) atoms. The zero-order valence-electron chi connectivity index (χ0n) is 12.1. The van der Waals surface area contributed by atoms with Crippen molar-refractivity contribution < 1.29 is 9.53 Å². The Bertz CT molecular complexity index is 366. The number of para-hydroxylation sites is 1. The van der Waals surface area contributed by atoms with E-state index >= 15 is 0 Å².